The van der Waals surface area contributed by atoms with Gasteiger partial charge >= 0.3 is 0 Å². The minimum absolute atomic E-state index is 0.00900. The van der Waals surface area contributed by atoms with Crippen molar-refractivity contribution in [3.8, 4) is 0 Å². The molecule has 9 heteroatoms. The fraction of sp³-hybridized carbons (Fsp3) is 0.545. The summed E-state index contributed by atoms with van der Waals surface area (Å²) in [5, 5.41) is 17.8. The highest BCUT2D eigenvalue weighted by Gasteiger charge is 2.36. The largest absolute Gasteiger partial charge is 0.377 e. The molecule has 0 spiro atoms. The molecular weight excluding hydrogens is 420 g/mol. The van der Waals surface area contributed by atoms with Gasteiger partial charge in [0.25, 0.3) is 0 Å². The van der Waals surface area contributed by atoms with Gasteiger partial charge in [-0.2, -0.15) is 0 Å². The summed E-state index contributed by atoms with van der Waals surface area (Å²) in [5.74, 6) is 0.712. The Kier molecular flexibility index (Phi) is 6.37. The van der Waals surface area contributed by atoms with Crippen molar-refractivity contribution in [2.24, 2.45) is 10.9 Å². The van der Waals surface area contributed by atoms with Gasteiger partial charge in [0.2, 0.25) is 5.91 Å². The molecule has 31 heavy (non-hydrogen) atoms. The number of aliphatic hydroxyl groups excluding tert-OH is 1. The second kappa shape index (κ2) is 8.88. The molecule has 3 N–H and O–H groups in total. The average Bonchev–Trinajstić information content (AvgIpc) is 3.54. The van der Waals surface area contributed by atoms with Gasteiger partial charge in [-0.05, 0) is 51.0 Å². The highest BCUT2D eigenvalue weighted by molar-refractivity contribution is 6.31. The number of aliphatic imine (C=N–C) groups is 1. The van der Waals surface area contributed by atoms with Crippen LogP contribution in [-0.4, -0.2) is 66.6 Å². The zero-order chi connectivity index (χ0) is 22.2. The monoisotopic (exact) mass is 448 g/mol. The van der Waals surface area contributed by atoms with E-state index in [2.05, 4.69) is 17.6 Å². The molecule has 8 nitrogen and oxygen atoms in total. The van der Waals surface area contributed by atoms with Crippen LogP contribution in [-0.2, 0) is 14.3 Å². The van der Waals surface area contributed by atoms with Crippen molar-refractivity contribution in [1.29, 1.82) is 0 Å². The van der Waals surface area contributed by atoms with E-state index in [9.17, 15) is 9.90 Å². The molecule has 3 aliphatic rings. The number of amidine groups is 1. The van der Waals surface area contributed by atoms with Crippen molar-refractivity contribution in [3.05, 3.63) is 34.9 Å². The summed E-state index contributed by atoms with van der Waals surface area (Å²) in [5.41, 5.74) is 1.77. The Morgan fingerprint density at radius 2 is 2.19 bits per heavy atom. The molecule has 1 aromatic rings. The van der Waals surface area contributed by atoms with Crippen LogP contribution in [0.25, 0.3) is 5.70 Å². The Hall–Kier alpha value is -1.97. The maximum Gasteiger partial charge on any atom is 0.227 e. The molecule has 2 unspecified atom stereocenters. The number of nitrogens with one attached hydrogen (secondary N) is 2. The van der Waals surface area contributed by atoms with Crippen LogP contribution in [0, 0.1) is 5.92 Å². The molecule has 2 fully saturated rings. The van der Waals surface area contributed by atoms with E-state index in [-0.39, 0.29) is 23.6 Å². The van der Waals surface area contributed by atoms with Gasteiger partial charge in [-0.1, -0.05) is 11.6 Å². The summed E-state index contributed by atoms with van der Waals surface area (Å²) in [7, 11) is 1.63. The summed E-state index contributed by atoms with van der Waals surface area (Å²) < 4.78 is 10.9. The summed E-state index contributed by atoms with van der Waals surface area (Å²) in [4.78, 5) is 18.8. The van der Waals surface area contributed by atoms with Crippen LogP contribution in [0.1, 0.15) is 32.3 Å². The van der Waals surface area contributed by atoms with Gasteiger partial charge in [-0.3, -0.25) is 10.1 Å². The molecule has 1 aromatic carbocycles. The molecule has 2 heterocycles. The number of rotatable bonds is 8. The number of benzene rings is 1. The van der Waals surface area contributed by atoms with Crippen molar-refractivity contribution in [1.82, 2.24) is 10.2 Å². The number of hydrogen-bond donors (Lipinski definition) is 3. The lowest BCUT2D eigenvalue weighted by molar-refractivity contribution is -0.117. The van der Waals surface area contributed by atoms with Gasteiger partial charge in [-0.15, -0.1) is 0 Å². The molecule has 2 atom stereocenters. The zero-order valence-electron chi connectivity index (χ0n) is 18.0. The van der Waals surface area contributed by atoms with Gasteiger partial charge in [-0.25, -0.2) is 4.99 Å². The zero-order valence-corrected chi connectivity index (χ0v) is 18.8. The third kappa shape index (κ3) is 5.10. The lowest BCUT2D eigenvalue weighted by Crippen LogP contribution is -2.63. The van der Waals surface area contributed by atoms with Gasteiger partial charge in [0, 0.05) is 23.6 Å². The molecule has 1 amide bonds. The van der Waals surface area contributed by atoms with Crippen molar-refractivity contribution in [3.63, 3.8) is 0 Å². The SMILES string of the molecule is COC(CN1C(C)=NC(c2ccc(Cl)cc2NC(=O)C2CC2)=CC1O)NC1(C)COC1. The van der Waals surface area contributed by atoms with Gasteiger partial charge in [0.15, 0.2) is 0 Å². The predicted octanol–water partition coefficient (Wildman–Crippen LogP) is 2.43. The van der Waals surface area contributed by atoms with E-state index >= 15 is 0 Å². The predicted molar refractivity (Wildman–Crippen MR) is 120 cm³/mol. The Morgan fingerprint density at radius 3 is 2.77 bits per heavy atom. The minimum atomic E-state index is -0.889. The quantitative estimate of drug-likeness (QED) is 0.529. The third-order valence-electron chi connectivity index (χ3n) is 5.79. The van der Waals surface area contributed by atoms with Crippen molar-refractivity contribution in [2.75, 3.05) is 32.2 Å². The average molecular weight is 449 g/mol. The normalized spacial score (nSPS) is 23.5. The number of nitrogens with zero attached hydrogens (tertiary/aromatic N) is 2. The first kappa shape index (κ1) is 22.2. The number of carbonyl (C=O) groups is 1. The van der Waals surface area contributed by atoms with Crippen LogP contribution < -0.4 is 10.6 Å². The van der Waals surface area contributed by atoms with Crippen LogP contribution in [0.2, 0.25) is 5.02 Å². The summed E-state index contributed by atoms with van der Waals surface area (Å²) >= 11 is 6.16. The number of amides is 1. The van der Waals surface area contributed by atoms with Crippen LogP contribution in [0.15, 0.2) is 29.3 Å². The van der Waals surface area contributed by atoms with Gasteiger partial charge in [0.05, 0.1) is 36.7 Å². The summed E-state index contributed by atoms with van der Waals surface area (Å²) in [6.07, 6.45) is 2.31. The second-order valence-corrected chi connectivity index (χ2v) is 9.09. The molecule has 0 bridgehead atoms. The number of anilines is 1. The number of carbonyl (C=O) groups excluding carboxylic acids is 1. The lowest BCUT2D eigenvalue weighted by atomic mass is 10.0. The summed E-state index contributed by atoms with van der Waals surface area (Å²) in [6, 6.07) is 5.28. The van der Waals surface area contributed by atoms with E-state index < -0.39 is 6.23 Å². The standard InChI is InChI=1S/C22H29ClN4O4/c1-13-24-18(16-7-6-15(23)8-17(16)25-21(29)14-4-5-14)9-20(28)27(13)10-19(30-3)26-22(2)11-31-12-22/h6-9,14,19-20,26,28H,4-5,10-12H2,1-3H3,(H,25,29). The number of aliphatic hydroxyl groups is 1. The Balaban J connectivity index is 1.51. The fourth-order valence-electron chi connectivity index (χ4n) is 3.75. The fourth-order valence-corrected chi connectivity index (χ4v) is 3.92. The van der Waals surface area contributed by atoms with Gasteiger partial charge in [0.1, 0.15) is 18.3 Å². The molecule has 1 aliphatic carbocycles. The van der Waals surface area contributed by atoms with E-state index in [1.54, 1.807) is 30.2 Å². The van der Waals surface area contributed by atoms with Crippen molar-refractivity contribution >= 4 is 34.7 Å². The molecule has 1 saturated carbocycles. The van der Waals surface area contributed by atoms with Crippen LogP contribution in [0.4, 0.5) is 5.69 Å². The molecule has 1 saturated heterocycles. The highest BCUT2D eigenvalue weighted by atomic mass is 35.5. The van der Waals surface area contributed by atoms with Gasteiger partial charge < -0.3 is 24.8 Å². The molecule has 2 aliphatic heterocycles. The molecule has 168 valence electrons. The smallest absolute Gasteiger partial charge is 0.227 e. The number of halogens is 1. The maximum absolute atomic E-state index is 12.3. The van der Waals surface area contributed by atoms with Crippen molar-refractivity contribution in [2.45, 2.75) is 44.7 Å². The van der Waals surface area contributed by atoms with E-state index in [1.165, 1.54) is 0 Å². The molecule has 4 rings (SSSR count). The maximum atomic E-state index is 12.3. The topological polar surface area (TPSA) is 95.4 Å². The highest BCUT2D eigenvalue weighted by Crippen LogP contribution is 2.34. The minimum Gasteiger partial charge on any atom is -0.377 e. The van der Waals surface area contributed by atoms with E-state index in [0.717, 1.165) is 18.4 Å². The van der Waals surface area contributed by atoms with Crippen LogP contribution >= 0.6 is 11.6 Å². The Morgan fingerprint density at radius 1 is 1.45 bits per heavy atom. The number of hydrogen-bond acceptors (Lipinski definition) is 7. The first-order valence-corrected chi connectivity index (χ1v) is 10.9. The first-order chi connectivity index (χ1) is 14.8. The summed E-state index contributed by atoms with van der Waals surface area (Å²) in [6.45, 7) is 5.58. The Labute approximate surface area is 187 Å². The number of methoxy groups -OCH3 is 1. The van der Waals surface area contributed by atoms with E-state index in [4.69, 9.17) is 26.1 Å². The molecule has 0 aromatic heterocycles. The first-order valence-electron chi connectivity index (χ1n) is 10.5. The molecule has 0 radical (unpaired) electrons. The van der Waals surface area contributed by atoms with Crippen LogP contribution in [0.5, 0.6) is 0 Å². The van der Waals surface area contributed by atoms with E-state index in [1.807, 2.05) is 13.0 Å². The van der Waals surface area contributed by atoms with Crippen molar-refractivity contribution < 1.29 is 19.4 Å². The second-order valence-electron chi connectivity index (χ2n) is 8.65. The molecular formula is C22H29ClN4O4. The lowest BCUT2D eigenvalue weighted by Gasteiger charge is -2.43. The third-order valence-corrected chi connectivity index (χ3v) is 6.02. The van der Waals surface area contributed by atoms with Crippen LogP contribution in [0.3, 0.4) is 0 Å². The van der Waals surface area contributed by atoms with E-state index in [0.29, 0.717) is 42.0 Å². The Bertz CT molecular complexity index is 911. The number of ether oxygens (including phenoxy) is 2.